The summed E-state index contributed by atoms with van der Waals surface area (Å²) in [6.45, 7) is 5.96. The summed E-state index contributed by atoms with van der Waals surface area (Å²) in [6.07, 6.45) is -0.643. The summed E-state index contributed by atoms with van der Waals surface area (Å²) in [4.78, 5) is 14.1. The molecule has 0 aliphatic rings. The monoisotopic (exact) mass is 392 g/mol. The maximum atomic E-state index is 11.9. The molecule has 1 atom stereocenters. The molecule has 0 unspecified atom stereocenters. The molecule has 0 bridgehead atoms. The molecule has 0 fully saturated rings. The molecule has 4 heteroatoms. The minimum Gasteiger partial charge on any atom is -0.478 e. The first-order valence-corrected chi connectivity index (χ1v) is 10.0. The number of hydrogen-bond donors (Lipinski definition) is 1. The fourth-order valence-corrected chi connectivity index (χ4v) is 4.02. The van der Waals surface area contributed by atoms with Gasteiger partial charge in [0.15, 0.2) is 6.10 Å². The summed E-state index contributed by atoms with van der Waals surface area (Å²) in [5, 5.41) is 9.77. The zero-order valence-corrected chi connectivity index (χ0v) is 17.1. The summed E-state index contributed by atoms with van der Waals surface area (Å²) >= 11 is 1.63. The first kappa shape index (κ1) is 20.0. The Labute approximate surface area is 170 Å². The van der Waals surface area contributed by atoms with Crippen LogP contribution in [0.4, 0.5) is 0 Å². The number of hydrogen-bond acceptors (Lipinski definition) is 3. The summed E-state index contributed by atoms with van der Waals surface area (Å²) in [5.74, 6) is -0.323. The molecular weight excluding hydrogens is 368 g/mol. The molecule has 0 aromatic heterocycles. The fourth-order valence-electron chi connectivity index (χ4n) is 3.04. The zero-order valence-electron chi connectivity index (χ0n) is 16.3. The summed E-state index contributed by atoms with van der Waals surface area (Å²) in [6, 6.07) is 22.0. The first-order valence-electron chi connectivity index (χ1n) is 9.22. The van der Waals surface area contributed by atoms with E-state index in [4.69, 9.17) is 4.74 Å². The number of rotatable bonds is 7. The number of carbonyl (C=O) groups is 1. The van der Waals surface area contributed by atoms with Gasteiger partial charge in [-0.05, 0) is 67.3 Å². The normalized spacial score (nSPS) is 11.8. The Balaban J connectivity index is 1.85. The molecular formula is C24H24O3S. The van der Waals surface area contributed by atoms with Gasteiger partial charge in [-0.2, -0.15) is 0 Å². The third kappa shape index (κ3) is 4.96. The van der Waals surface area contributed by atoms with Crippen molar-refractivity contribution in [3.8, 4) is 5.75 Å². The second kappa shape index (κ2) is 8.98. The average Bonchev–Trinajstić information content (AvgIpc) is 2.67. The highest BCUT2D eigenvalue weighted by atomic mass is 32.2. The van der Waals surface area contributed by atoms with Crippen molar-refractivity contribution in [1.29, 1.82) is 0 Å². The van der Waals surface area contributed by atoms with Crippen LogP contribution in [0, 0.1) is 20.8 Å². The van der Waals surface area contributed by atoms with Gasteiger partial charge in [0.1, 0.15) is 5.75 Å². The van der Waals surface area contributed by atoms with Crippen molar-refractivity contribution in [2.45, 2.75) is 43.1 Å². The van der Waals surface area contributed by atoms with Crippen molar-refractivity contribution in [2.75, 3.05) is 0 Å². The second-order valence-electron chi connectivity index (χ2n) is 6.88. The van der Waals surface area contributed by atoms with Crippen molar-refractivity contribution in [2.24, 2.45) is 0 Å². The van der Waals surface area contributed by atoms with E-state index in [-0.39, 0.29) is 0 Å². The van der Waals surface area contributed by atoms with Gasteiger partial charge >= 0.3 is 5.97 Å². The van der Waals surface area contributed by atoms with E-state index in [0.717, 1.165) is 32.0 Å². The van der Waals surface area contributed by atoms with E-state index in [1.165, 1.54) is 0 Å². The predicted molar refractivity (Wildman–Crippen MR) is 113 cm³/mol. The van der Waals surface area contributed by atoms with Gasteiger partial charge in [-0.1, -0.05) is 54.2 Å². The Bertz CT molecular complexity index is 967. The van der Waals surface area contributed by atoms with Crippen molar-refractivity contribution in [1.82, 2.24) is 0 Å². The van der Waals surface area contributed by atoms with Crippen LogP contribution in [-0.2, 0) is 11.2 Å². The van der Waals surface area contributed by atoms with Crippen LogP contribution in [0.5, 0.6) is 5.75 Å². The second-order valence-corrected chi connectivity index (χ2v) is 7.99. The lowest BCUT2D eigenvalue weighted by Gasteiger charge is -2.19. The molecule has 3 rings (SSSR count). The number of aryl methyl sites for hydroxylation is 2. The zero-order chi connectivity index (χ0) is 20.1. The smallest absolute Gasteiger partial charge is 0.345 e. The molecule has 144 valence electrons. The van der Waals surface area contributed by atoms with Gasteiger partial charge in [-0.3, -0.25) is 0 Å². The maximum absolute atomic E-state index is 11.9. The number of carboxylic acid groups (broad SMARTS) is 1. The lowest BCUT2D eigenvalue weighted by atomic mass is 10.0. The molecule has 1 N–H and O–H groups in total. The molecule has 0 heterocycles. The third-order valence-electron chi connectivity index (χ3n) is 4.66. The van der Waals surface area contributed by atoms with Crippen LogP contribution in [0.25, 0.3) is 0 Å². The molecule has 3 aromatic carbocycles. The van der Waals surface area contributed by atoms with E-state index in [2.05, 4.69) is 6.07 Å². The van der Waals surface area contributed by atoms with Gasteiger partial charge in [-0.25, -0.2) is 4.79 Å². The molecule has 0 saturated carbocycles. The molecule has 0 aliphatic carbocycles. The Morgan fingerprint density at radius 3 is 2.39 bits per heavy atom. The van der Waals surface area contributed by atoms with Gasteiger partial charge in [-0.15, -0.1) is 0 Å². The van der Waals surface area contributed by atoms with Crippen LogP contribution in [0.15, 0.2) is 76.5 Å². The number of aliphatic carboxylic acids is 1. The van der Waals surface area contributed by atoms with Crippen LogP contribution >= 0.6 is 11.8 Å². The van der Waals surface area contributed by atoms with Crippen molar-refractivity contribution in [3.63, 3.8) is 0 Å². The quantitative estimate of drug-likeness (QED) is 0.549. The Kier molecular flexibility index (Phi) is 6.42. The van der Waals surface area contributed by atoms with Crippen LogP contribution in [0.3, 0.4) is 0 Å². The number of benzene rings is 3. The molecule has 28 heavy (non-hydrogen) atoms. The largest absolute Gasteiger partial charge is 0.478 e. The summed E-state index contributed by atoms with van der Waals surface area (Å²) in [7, 11) is 0. The van der Waals surface area contributed by atoms with E-state index in [1.807, 2.05) is 81.4 Å². The minimum atomic E-state index is -0.960. The third-order valence-corrected chi connectivity index (χ3v) is 5.78. The molecule has 0 radical (unpaired) electrons. The topological polar surface area (TPSA) is 46.5 Å². The standard InChI is InChI=1S/C24H24O3S/c1-16-13-17(2)18(3)21(14-16)27-22(24(25)26)15-19-9-7-8-12-23(19)28-20-10-5-4-6-11-20/h4-14,22H,15H2,1-3H3,(H,25,26)/t22-/m1/s1. The van der Waals surface area contributed by atoms with E-state index in [1.54, 1.807) is 11.8 Å². The molecule has 3 aromatic rings. The minimum absolute atomic E-state index is 0.303. The molecule has 0 aliphatic heterocycles. The van der Waals surface area contributed by atoms with E-state index in [9.17, 15) is 9.90 Å². The summed E-state index contributed by atoms with van der Waals surface area (Å²) in [5.41, 5.74) is 4.09. The van der Waals surface area contributed by atoms with Crippen molar-refractivity contribution in [3.05, 3.63) is 89.0 Å². The van der Waals surface area contributed by atoms with E-state index < -0.39 is 12.1 Å². The Morgan fingerprint density at radius 2 is 1.68 bits per heavy atom. The molecule has 3 nitrogen and oxygen atoms in total. The van der Waals surface area contributed by atoms with Crippen LogP contribution in [0.1, 0.15) is 22.3 Å². The van der Waals surface area contributed by atoms with Crippen molar-refractivity contribution >= 4 is 17.7 Å². The highest BCUT2D eigenvalue weighted by Gasteiger charge is 2.23. The highest BCUT2D eigenvalue weighted by Crippen LogP contribution is 2.32. The molecule has 0 amide bonds. The van der Waals surface area contributed by atoms with E-state index in [0.29, 0.717) is 12.2 Å². The van der Waals surface area contributed by atoms with Crippen LogP contribution in [-0.4, -0.2) is 17.2 Å². The average molecular weight is 393 g/mol. The van der Waals surface area contributed by atoms with Crippen molar-refractivity contribution < 1.29 is 14.6 Å². The van der Waals surface area contributed by atoms with Gasteiger partial charge in [0.25, 0.3) is 0 Å². The van der Waals surface area contributed by atoms with Gasteiger partial charge in [0.05, 0.1) is 0 Å². The lowest BCUT2D eigenvalue weighted by molar-refractivity contribution is -0.145. The highest BCUT2D eigenvalue weighted by molar-refractivity contribution is 7.99. The van der Waals surface area contributed by atoms with Gasteiger partial charge in [0, 0.05) is 16.2 Å². The summed E-state index contributed by atoms with van der Waals surface area (Å²) < 4.78 is 5.97. The Hall–Kier alpha value is -2.72. The lowest BCUT2D eigenvalue weighted by Crippen LogP contribution is -2.30. The number of carboxylic acids is 1. The number of ether oxygens (including phenoxy) is 1. The fraction of sp³-hybridized carbons (Fsp3) is 0.208. The van der Waals surface area contributed by atoms with Crippen LogP contribution in [0.2, 0.25) is 0 Å². The molecule has 0 spiro atoms. The maximum Gasteiger partial charge on any atom is 0.345 e. The van der Waals surface area contributed by atoms with Gasteiger partial charge in [0.2, 0.25) is 0 Å². The predicted octanol–water partition coefficient (Wildman–Crippen LogP) is 5.84. The van der Waals surface area contributed by atoms with E-state index >= 15 is 0 Å². The Morgan fingerprint density at radius 1 is 1.00 bits per heavy atom. The van der Waals surface area contributed by atoms with Gasteiger partial charge < -0.3 is 9.84 Å². The SMILES string of the molecule is Cc1cc(C)c(C)c(O[C@H](Cc2ccccc2Sc2ccccc2)C(=O)O)c1. The van der Waals surface area contributed by atoms with Crippen LogP contribution < -0.4 is 4.74 Å². The first-order chi connectivity index (χ1) is 13.4. The molecule has 0 saturated heterocycles.